The van der Waals surface area contributed by atoms with Gasteiger partial charge in [-0.05, 0) is 31.4 Å². The summed E-state index contributed by atoms with van der Waals surface area (Å²) in [6.45, 7) is 4.31. The Morgan fingerprint density at radius 3 is 2.66 bits per heavy atom. The topological polar surface area (TPSA) is 110 Å². The second-order valence-corrected chi connectivity index (χ2v) is 7.69. The highest BCUT2D eigenvalue weighted by Gasteiger charge is 2.22. The zero-order chi connectivity index (χ0) is 22.5. The second kappa shape index (κ2) is 9.78. The number of fused-ring (bicyclic) bond motifs is 1. The van der Waals surface area contributed by atoms with Gasteiger partial charge in [0.15, 0.2) is 5.65 Å². The van der Waals surface area contributed by atoms with Gasteiger partial charge in [-0.15, -0.1) is 0 Å². The number of pyridine rings is 1. The number of carbonyl (C=O) groups is 2. The number of carbonyl (C=O) groups excluding carboxylic acids is 2. The van der Waals surface area contributed by atoms with Gasteiger partial charge in [-0.1, -0.05) is 18.2 Å². The quantitative estimate of drug-likeness (QED) is 0.524. The van der Waals surface area contributed by atoms with E-state index in [1.54, 1.807) is 31.6 Å². The number of benzene rings is 1. The summed E-state index contributed by atoms with van der Waals surface area (Å²) in [7, 11) is 1.59. The predicted octanol–water partition coefficient (Wildman–Crippen LogP) is 2.33. The van der Waals surface area contributed by atoms with Crippen molar-refractivity contribution in [1.29, 1.82) is 0 Å². The molecule has 0 saturated carbocycles. The van der Waals surface area contributed by atoms with E-state index in [4.69, 9.17) is 4.74 Å². The molecule has 2 amide bonds. The predicted molar refractivity (Wildman–Crippen MR) is 122 cm³/mol. The zero-order valence-corrected chi connectivity index (χ0v) is 18.4. The molecule has 1 aliphatic heterocycles. The third-order valence-corrected chi connectivity index (χ3v) is 5.71. The van der Waals surface area contributed by atoms with Crippen LogP contribution in [-0.4, -0.2) is 52.9 Å². The molecular formula is C23H28N6O3. The molecule has 9 heteroatoms. The Morgan fingerprint density at radius 1 is 1.12 bits per heavy atom. The van der Waals surface area contributed by atoms with Crippen LogP contribution in [-0.2, 0) is 17.8 Å². The molecule has 3 N–H and O–H groups in total. The molecule has 4 rings (SSSR count). The monoisotopic (exact) mass is 436 g/mol. The van der Waals surface area contributed by atoms with Crippen molar-refractivity contribution in [2.24, 2.45) is 0 Å². The average Bonchev–Trinajstić information content (AvgIpc) is 3.27. The SMILES string of the molecule is CCn1ncc2c(NC3CCOCC3)c(C(=O)NCc3ccccc3C(=O)NC)cnc21. The number of rotatable bonds is 7. The minimum absolute atomic E-state index is 0.188. The van der Waals surface area contributed by atoms with Gasteiger partial charge in [0, 0.05) is 51.2 Å². The summed E-state index contributed by atoms with van der Waals surface area (Å²) in [6.07, 6.45) is 5.08. The van der Waals surface area contributed by atoms with Gasteiger partial charge in [-0.2, -0.15) is 5.10 Å². The van der Waals surface area contributed by atoms with Crippen molar-refractivity contribution in [1.82, 2.24) is 25.4 Å². The van der Waals surface area contributed by atoms with Gasteiger partial charge < -0.3 is 20.7 Å². The van der Waals surface area contributed by atoms with Crippen LogP contribution in [0.15, 0.2) is 36.7 Å². The Morgan fingerprint density at radius 2 is 1.91 bits per heavy atom. The Kier molecular flexibility index (Phi) is 6.65. The molecule has 0 radical (unpaired) electrons. The number of anilines is 1. The lowest BCUT2D eigenvalue weighted by atomic mass is 10.1. The fourth-order valence-corrected chi connectivity index (χ4v) is 3.93. The lowest BCUT2D eigenvalue weighted by Crippen LogP contribution is -2.30. The minimum atomic E-state index is -0.259. The first-order chi connectivity index (χ1) is 15.6. The van der Waals surface area contributed by atoms with E-state index >= 15 is 0 Å². The van der Waals surface area contributed by atoms with Crippen LogP contribution in [0.4, 0.5) is 5.69 Å². The molecular weight excluding hydrogens is 408 g/mol. The molecule has 1 saturated heterocycles. The lowest BCUT2D eigenvalue weighted by molar-refractivity contribution is 0.0903. The molecule has 168 valence electrons. The van der Waals surface area contributed by atoms with E-state index in [1.807, 2.05) is 23.7 Å². The summed E-state index contributed by atoms with van der Waals surface area (Å²) in [6, 6.07) is 7.43. The Balaban J connectivity index is 1.62. The summed E-state index contributed by atoms with van der Waals surface area (Å²) in [4.78, 5) is 29.9. The fourth-order valence-electron chi connectivity index (χ4n) is 3.93. The minimum Gasteiger partial charge on any atom is -0.381 e. The van der Waals surface area contributed by atoms with Crippen LogP contribution in [0.5, 0.6) is 0 Å². The average molecular weight is 437 g/mol. The highest BCUT2D eigenvalue weighted by atomic mass is 16.5. The fraction of sp³-hybridized carbons (Fsp3) is 0.391. The van der Waals surface area contributed by atoms with Crippen LogP contribution in [0, 0.1) is 0 Å². The number of aryl methyl sites for hydroxylation is 1. The number of hydrogen-bond acceptors (Lipinski definition) is 6. The van der Waals surface area contributed by atoms with Gasteiger partial charge in [0.1, 0.15) is 0 Å². The molecule has 1 fully saturated rings. The number of ether oxygens (including phenoxy) is 1. The van der Waals surface area contributed by atoms with Gasteiger partial charge >= 0.3 is 0 Å². The van der Waals surface area contributed by atoms with E-state index in [0.29, 0.717) is 30.9 Å². The van der Waals surface area contributed by atoms with E-state index in [2.05, 4.69) is 26.0 Å². The van der Waals surface area contributed by atoms with Crippen molar-refractivity contribution in [3.05, 3.63) is 53.3 Å². The van der Waals surface area contributed by atoms with Gasteiger partial charge in [0.25, 0.3) is 11.8 Å². The molecule has 0 bridgehead atoms. The summed E-state index contributed by atoms with van der Waals surface area (Å²) < 4.78 is 7.28. The van der Waals surface area contributed by atoms with E-state index < -0.39 is 0 Å². The molecule has 0 atom stereocenters. The largest absolute Gasteiger partial charge is 0.381 e. The van der Waals surface area contributed by atoms with Crippen LogP contribution in [0.25, 0.3) is 11.0 Å². The molecule has 3 heterocycles. The van der Waals surface area contributed by atoms with Gasteiger partial charge in [-0.3, -0.25) is 9.59 Å². The third kappa shape index (κ3) is 4.43. The van der Waals surface area contributed by atoms with Gasteiger partial charge in [0.2, 0.25) is 0 Å². The Bertz CT molecular complexity index is 1120. The normalized spacial score (nSPS) is 14.3. The molecule has 1 aromatic carbocycles. The number of aromatic nitrogens is 3. The highest BCUT2D eigenvalue weighted by Crippen LogP contribution is 2.28. The van der Waals surface area contributed by atoms with Crippen LogP contribution in [0.1, 0.15) is 46.0 Å². The number of hydrogen-bond donors (Lipinski definition) is 3. The van der Waals surface area contributed by atoms with Crippen LogP contribution >= 0.6 is 0 Å². The number of nitrogens with zero attached hydrogens (tertiary/aromatic N) is 3. The van der Waals surface area contributed by atoms with Crippen molar-refractivity contribution >= 4 is 28.5 Å². The van der Waals surface area contributed by atoms with Crippen molar-refractivity contribution in [3.8, 4) is 0 Å². The Labute approximate surface area is 186 Å². The first-order valence-electron chi connectivity index (χ1n) is 10.9. The van der Waals surface area contributed by atoms with Gasteiger partial charge in [-0.25, -0.2) is 9.67 Å². The molecule has 3 aromatic rings. The van der Waals surface area contributed by atoms with Crippen molar-refractivity contribution < 1.29 is 14.3 Å². The summed E-state index contributed by atoms with van der Waals surface area (Å²) in [5.74, 6) is -0.447. The van der Waals surface area contributed by atoms with Gasteiger partial charge in [0.05, 0.1) is 22.8 Å². The van der Waals surface area contributed by atoms with E-state index in [0.717, 1.165) is 35.1 Å². The smallest absolute Gasteiger partial charge is 0.255 e. The first-order valence-corrected chi connectivity index (χ1v) is 10.9. The molecule has 0 unspecified atom stereocenters. The van der Waals surface area contributed by atoms with Crippen molar-refractivity contribution in [3.63, 3.8) is 0 Å². The van der Waals surface area contributed by atoms with Crippen molar-refractivity contribution in [2.45, 2.75) is 38.9 Å². The second-order valence-electron chi connectivity index (χ2n) is 7.69. The first kappa shape index (κ1) is 21.8. The summed E-state index contributed by atoms with van der Waals surface area (Å²) >= 11 is 0. The summed E-state index contributed by atoms with van der Waals surface area (Å²) in [5.41, 5.74) is 3.21. The standard InChI is InChI=1S/C23H28N6O3/c1-3-29-21-18(14-27-29)20(28-16-8-10-32-11-9-16)19(13-25-21)23(31)26-12-15-6-4-5-7-17(15)22(30)24-2/h4-7,13-14,16H,3,8-12H2,1-2H3,(H,24,30)(H,25,28)(H,26,31). The lowest BCUT2D eigenvalue weighted by Gasteiger charge is -2.25. The zero-order valence-electron chi connectivity index (χ0n) is 18.4. The van der Waals surface area contributed by atoms with E-state index in [-0.39, 0.29) is 24.4 Å². The maximum Gasteiger partial charge on any atom is 0.255 e. The number of amides is 2. The van der Waals surface area contributed by atoms with Crippen LogP contribution < -0.4 is 16.0 Å². The summed E-state index contributed by atoms with van der Waals surface area (Å²) in [5, 5.41) is 14.4. The third-order valence-electron chi connectivity index (χ3n) is 5.71. The maximum absolute atomic E-state index is 13.2. The van der Waals surface area contributed by atoms with Crippen LogP contribution in [0.2, 0.25) is 0 Å². The molecule has 1 aliphatic rings. The molecule has 9 nitrogen and oxygen atoms in total. The Hall–Kier alpha value is -3.46. The molecule has 0 aliphatic carbocycles. The highest BCUT2D eigenvalue weighted by molar-refractivity contribution is 6.06. The maximum atomic E-state index is 13.2. The number of nitrogens with one attached hydrogen (secondary N) is 3. The molecule has 2 aromatic heterocycles. The molecule has 32 heavy (non-hydrogen) atoms. The van der Waals surface area contributed by atoms with Crippen LogP contribution in [0.3, 0.4) is 0 Å². The van der Waals surface area contributed by atoms with E-state index in [1.165, 1.54) is 0 Å². The van der Waals surface area contributed by atoms with Crippen molar-refractivity contribution in [2.75, 3.05) is 25.6 Å². The van der Waals surface area contributed by atoms with E-state index in [9.17, 15) is 9.59 Å². The molecule has 0 spiro atoms.